The Bertz CT molecular complexity index is 982. The second kappa shape index (κ2) is 8.00. The first-order valence-corrected chi connectivity index (χ1v) is 10.6. The van der Waals surface area contributed by atoms with Crippen molar-refractivity contribution < 1.29 is 14.3 Å². The lowest BCUT2D eigenvalue weighted by Gasteiger charge is -2.23. The van der Waals surface area contributed by atoms with E-state index in [1.54, 1.807) is 0 Å². The van der Waals surface area contributed by atoms with Crippen molar-refractivity contribution in [3.05, 3.63) is 48.0 Å². The zero-order valence-corrected chi connectivity index (χ0v) is 16.8. The van der Waals surface area contributed by atoms with Gasteiger partial charge in [0.25, 0.3) is 0 Å². The van der Waals surface area contributed by atoms with Crippen molar-refractivity contribution in [2.75, 3.05) is 13.2 Å². The highest BCUT2D eigenvalue weighted by Gasteiger charge is 2.43. The molecule has 0 radical (unpaired) electrons. The summed E-state index contributed by atoms with van der Waals surface area (Å²) in [4.78, 5) is 12.6. The van der Waals surface area contributed by atoms with E-state index in [1.807, 2.05) is 42.5 Å². The summed E-state index contributed by atoms with van der Waals surface area (Å²) in [5.74, 6) is 1.92. The molecule has 3 aliphatic rings. The minimum absolute atomic E-state index is 0.0401. The number of fused-ring (bicyclic) bond motifs is 3. The first-order valence-electron chi connectivity index (χ1n) is 10.6. The molecular formula is C24H25N3O3. The molecule has 3 unspecified atom stereocenters. The molecular weight excluding hydrogens is 378 g/mol. The molecule has 2 aromatic carbocycles. The van der Waals surface area contributed by atoms with E-state index in [1.165, 1.54) is 0 Å². The fourth-order valence-electron chi connectivity index (χ4n) is 4.83. The van der Waals surface area contributed by atoms with Gasteiger partial charge in [-0.1, -0.05) is 30.3 Å². The molecule has 2 bridgehead atoms. The Hall–Kier alpha value is -3.04. The van der Waals surface area contributed by atoms with Gasteiger partial charge in [0.2, 0.25) is 5.91 Å². The summed E-state index contributed by atoms with van der Waals surface area (Å²) in [6.07, 6.45) is 3.83. The molecule has 1 amide bonds. The Morgan fingerprint density at radius 2 is 1.87 bits per heavy atom. The molecule has 1 aliphatic carbocycles. The molecule has 2 heterocycles. The van der Waals surface area contributed by atoms with Gasteiger partial charge in [0.05, 0.1) is 12.1 Å². The lowest BCUT2D eigenvalue weighted by molar-refractivity contribution is -0.124. The fraction of sp³-hybridized carbons (Fsp3) is 0.417. The third kappa shape index (κ3) is 3.73. The number of rotatable bonds is 5. The number of hydrogen-bond donors (Lipinski definition) is 2. The molecule has 2 aromatic rings. The zero-order valence-electron chi connectivity index (χ0n) is 16.8. The molecule has 0 spiro atoms. The Morgan fingerprint density at radius 1 is 1.10 bits per heavy atom. The van der Waals surface area contributed by atoms with Crippen LogP contribution in [0.5, 0.6) is 11.5 Å². The molecule has 2 fully saturated rings. The second-order valence-corrected chi connectivity index (χ2v) is 8.36. The van der Waals surface area contributed by atoms with Crippen LogP contribution in [0, 0.1) is 17.2 Å². The van der Waals surface area contributed by atoms with Crippen LogP contribution in [-0.4, -0.2) is 37.2 Å². The Morgan fingerprint density at radius 3 is 2.57 bits per heavy atom. The predicted octanol–water partition coefficient (Wildman–Crippen LogP) is 2.82. The maximum absolute atomic E-state index is 12.6. The number of nitrogens with one attached hydrogen (secondary N) is 2. The molecule has 30 heavy (non-hydrogen) atoms. The number of carbonyl (C=O) groups is 1. The number of ether oxygens (including phenoxy) is 2. The van der Waals surface area contributed by atoms with Crippen molar-refractivity contribution in [2.24, 2.45) is 5.92 Å². The van der Waals surface area contributed by atoms with Crippen molar-refractivity contribution >= 4 is 5.91 Å². The monoisotopic (exact) mass is 403 g/mol. The summed E-state index contributed by atoms with van der Waals surface area (Å²) in [5, 5.41) is 15.9. The average Bonchev–Trinajstić information content (AvgIpc) is 3.43. The van der Waals surface area contributed by atoms with Crippen LogP contribution in [0.3, 0.4) is 0 Å². The van der Waals surface area contributed by atoms with E-state index in [-0.39, 0.29) is 11.9 Å². The maximum Gasteiger partial charge on any atom is 0.238 e. The van der Waals surface area contributed by atoms with Crippen molar-refractivity contribution in [1.29, 1.82) is 5.26 Å². The SMILES string of the molecule is N#C[C@H](Cc1ccc(-c2ccc3c(c2)OCCO3)cc1)NC(=O)C1NC2CCC1C2. The van der Waals surface area contributed by atoms with Crippen LogP contribution in [0.25, 0.3) is 11.1 Å². The first-order chi connectivity index (χ1) is 14.7. The third-order valence-electron chi connectivity index (χ3n) is 6.38. The number of benzene rings is 2. The van der Waals surface area contributed by atoms with Crippen molar-refractivity contribution in [1.82, 2.24) is 10.6 Å². The van der Waals surface area contributed by atoms with E-state index in [9.17, 15) is 10.1 Å². The van der Waals surface area contributed by atoms with Gasteiger partial charge in [-0.2, -0.15) is 5.26 Å². The van der Waals surface area contributed by atoms with Gasteiger partial charge in [-0.25, -0.2) is 0 Å². The van der Waals surface area contributed by atoms with Gasteiger partial charge in [0.15, 0.2) is 11.5 Å². The van der Waals surface area contributed by atoms with E-state index in [0.29, 0.717) is 31.6 Å². The lowest BCUT2D eigenvalue weighted by atomic mass is 9.98. The van der Waals surface area contributed by atoms with Crippen LogP contribution >= 0.6 is 0 Å². The summed E-state index contributed by atoms with van der Waals surface area (Å²) in [6.45, 7) is 1.14. The molecule has 1 saturated heterocycles. The van der Waals surface area contributed by atoms with Gasteiger partial charge in [0, 0.05) is 12.5 Å². The normalized spacial score (nSPS) is 24.8. The number of nitrogens with zero attached hydrogens (tertiary/aromatic N) is 1. The fourth-order valence-corrected chi connectivity index (χ4v) is 4.83. The molecule has 5 rings (SSSR count). The molecule has 154 valence electrons. The molecule has 1 saturated carbocycles. The highest BCUT2D eigenvalue weighted by Crippen LogP contribution is 2.36. The van der Waals surface area contributed by atoms with Crippen LogP contribution in [-0.2, 0) is 11.2 Å². The lowest BCUT2D eigenvalue weighted by Crippen LogP contribution is -2.50. The minimum atomic E-state index is -0.529. The maximum atomic E-state index is 12.6. The quantitative estimate of drug-likeness (QED) is 0.802. The van der Waals surface area contributed by atoms with E-state index < -0.39 is 6.04 Å². The number of hydrogen-bond acceptors (Lipinski definition) is 5. The third-order valence-corrected chi connectivity index (χ3v) is 6.38. The van der Waals surface area contributed by atoms with Crippen LogP contribution in [0.4, 0.5) is 0 Å². The number of carbonyl (C=O) groups excluding carboxylic acids is 1. The molecule has 2 N–H and O–H groups in total. The summed E-state index contributed by atoms with van der Waals surface area (Å²) in [7, 11) is 0. The minimum Gasteiger partial charge on any atom is -0.486 e. The van der Waals surface area contributed by atoms with E-state index in [2.05, 4.69) is 16.7 Å². The average molecular weight is 403 g/mol. The van der Waals surface area contributed by atoms with Gasteiger partial charge in [-0.15, -0.1) is 0 Å². The summed E-state index contributed by atoms with van der Waals surface area (Å²) in [5.41, 5.74) is 3.14. The highest BCUT2D eigenvalue weighted by atomic mass is 16.6. The molecule has 4 atom stereocenters. The van der Waals surface area contributed by atoms with Gasteiger partial charge < -0.3 is 20.1 Å². The predicted molar refractivity (Wildman–Crippen MR) is 112 cm³/mol. The van der Waals surface area contributed by atoms with Gasteiger partial charge >= 0.3 is 0 Å². The number of piperidine rings is 1. The van der Waals surface area contributed by atoms with Crippen LogP contribution in [0.15, 0.2) is 42.5 Å². The molecule has 6 heteroatoms. The van der Waals surface area contributed by atoms with E-state index >= 15 is 0 Å². The summed E-state index contributed by atoms with van der Waals surface area (Å²) < 4.78 is 11.2. The molecule has 6 nitrogen and oxygen atoms in total. The zero-order chi connectivity index (χ0) is 20.5. The summed E-state index contributed by atoms with van der Waals surface area (Å²) >= 11 is 0. The van der Waals surface area contributed by atoms with Crippen LogP contribution < -0.4 is 20.1 Å². The van der Waals surface area contributed by atoms with Crippen molar-refractivity contribution in [3.63, 3.8) is 0 Å². The van der Waals surface area contributed by atoms with Crippen LogP contribution in [0.1, 0.15) is 24.8 Å². The summed E-state index contributed by atoms with van der Waals surface area (Å²) in [6, 6.07) is 16.1. The second-order valence-electron chi connectivity index (χ2n) is 8.36. The number of nitriles is 1. The van der Waals surface area contributed by atoms with Gasteiger partial charge in [-0.05, 0) is 54.0 Å². The Balaban J connectivity index is 1.23. The highest BCUT2D eigenvalue weighted by molar-refractivity contribution is 5.83. The van der Waals surface area contributed by atoms with Crippen molar-refractivity contribution in [3.8, 4) is 28.7 Å². The molecule has 0 aromatic heterocycles. The van der Waals surface area contributed by atoms with E-state index in [0.717, 1.165) is 47.5 Å². The number of amides is 1. The topological polar surface area (TPSA) is 83.4 Å². The van der Waals surface area contributed by atoms with Crippen molar-refractivity contribution in [2.45, 2.75) is 43.8 Å². The van der Waals surface area contributed by atoms with Gasteiger partial charge in [-0.3, -0.25) is 4.79 Å². The standard InChI is InChI=1S/C24H25N3O3/c25-14-20(27-24(28)23-18-5-7-19(12-18)26-23)11-15-1-3-16(4-2-15)17-6-8-21-22(13-17)30-10-9-29-21/h1-4,6,8,13,18-20,23,26H,5,7,9-12H2,(H,27,28)/t18?,19?,20-,23?/m0/s1. The van der Waals surface area contributed by atoms with E-state index in [4.69, 9.17) is 9.47 Å². The Kier molecular flexibility index (Phi) is 5.06. The smallest absolute Gasteiger partial charge is 0.238 e. The Labute approximate surface area is 176 Å². The van der Waals surface area contributed by atoms with Crippen LogP contribution in [0.2, 0.25) is 0 Å². The largest absolute Gasteiger partial charge is 0.486 e. The molecule has 2 aliphatic heterocycles. The van der Waals surface area contributed by atoms with Gasteiger partial charge in [0.1, 0.15) is 19.3 Å². The first kappa shape index (κ1) is 19.0.